The van der Waals surface area contributed by atoms with Gasteiger partial charge in [0.1, 0.15) is 0 Å². The van der Waals surface area contributed by atoms with Gasteiger partial charge in [-0.3, -0.25) is 0 Å². The predicted molar refractivity (Wildman–Crippen MR) is 63.1 cm³/mol. The molecule has 0 saturated heterocycles. The lowest BCUT2D eigenvalue weighted by molar-refractivity contribution is 0.203. The Balaban J connectivity index is 2.63. The first-order valence-electron chi connectivity index (χ1n) is 4.34. The number of hydrogen-bond acceptors (Lipinski definition) is 3. The topological polar surface area (TPSA) is 35.2 Å². The normalized spacial score (nSPS) is 12.8. The minimum absolute atomic E-state index is 0.416. The molecule has 0 aliphatic heterocycles. The van der Waals surface area contributed by atoms with Crippen molar-refractivity contribution in [2.24, 2.45) is 0 Å². The molecule has 78 valence electrons. The highest BCUT2D eigenvalue weighted by molar-refractivity contribution is 8.00. The van der Waals surface area contributed by atoms with E-state index in [1.54, 1.807) is 18.9 Å². The molecule has 0 aromatic heterocycles. The van der Waals surface area contributed by atoms with Gasteiger partial charge >= 0.3 is 0 Å². The number of nitrogens with two attached hydrogens (primary N) is 1. The zero-order chi connectivity index (χ0) is 10.6. The largest absolute Gasteiger partial charge is 0.398 e. The fraction of sp³-hybridized carbons (Fsp3) is 0.400. The van der Waals surface area contributed by atoms with Crippen molar-refractivity contribution in [1.82, 2.24) is 0 Å². The molecule has 0 aliphatic carbocycles. The van der Waals surface area contributed by atoms with E-state index >= 15 is 0 Å². The highest BCUT2D eigenvalue weighted by Crippen LogP contribution is 2.28. The van der Waals surface area contributed by atoms with Gasteiger partial charge in [0.15, 0.2) is 0 Å². The van der Waals surface area contributed by atoms with Crippen molar-refractivity contribution in [3.05, 3.63) is 23.2 Å². The lowest BCUT2D eigenvalue weighted by Gasteiger charge is -2.10. The lowest BCUT2D eigenvalue weighted by Crippen LogP contribution is -2.04. The minimum Gasteiger partial charge on any atom is -0.398 e. The lowest BCUT2D eigenvalue weighted by atomic mass is 10.3. The molecule has 0 spiro atoms. The molecule has 1 atom stereocenters. The van der Waals surface area contributed by atoms with Crippen LogP contribution < -0.4 is 5.73 Å². The number of rotatable bonds is 4. The Kier molecular flexibility index (Phi) is 4.58. The first kappa shape index (κ1) is 11.7. The van der Waals surface area contributed by atoms with E-state index in [4.69, 9.17) is 22.1 Å². The van der Waals surface area contributed by atoms with Crippen molar-refractivity contribution in [3.8, 4) is 0 Å². The molecule has 1 unspecified atom stereocenters. The monoisotopic (exact) mass is 231 g/mol. The molecule has 2 N–H and O–H groups in total. The SMILES string of the molecule is COCC(C)Sc1ccc(N)c(Cl)c1. The molecule has 2 nitrogen and oxygen atoms in total. The van der Waals surface area contributed by atoms with Gasteiger partial charge in [-0.15, -0.1) is 11.8 Å². The van der Waals surface area contributed by atoms with E-state index in [1.807, 2.05) is 18.2 Å². The number of halogens is 1. The van der Waals surface area contributed by atoms with Crippen LogP contribution in [-0.2, 0) is 4.74 Å². The molecule has 1 aromatic rings. The molecule has 0 aliphatic rings. The number of methoxy groups -OCH3 is 1. The van der Waals surface area contributed by atoms with Gasteiger partial charge in [-0.2, -0.15) is 0 Å². The Morgan fingerprint density at radius 2 is 2.29 bits per heavy atom. The smallest absolute Gasteiger partial charge is 0.0646 e. The fourth-order valence-corrected chi connectivity index (χ4v) is 2.33. The third-order valence-corrected chi connectivity index (χ3v) is 3.10. The molecule has 4 heteroatoms. The van der Waals surface area contributed by atoms with E-state index in [-0.39, 0.29) is 0 Å². The van der Waals surface area contributed by atoms with Crippen molar-refractivity contribution in [1.29, 1.82) is 0 Å². The van der Waals surface area contributed by atoms with Gasteiger partial charge < -0.3 is 10.5 Å². The molecule has 14 heavy (non-hydrogen) atoms. The van der Waals surface area contributed by atoms with Gasteiger partial charge in [0.25, 0.3) is 0 Å². The Morgan fingerprint density at radius 3 is 2.86 bits per heavy atom. The molecule has 0 fully saturated rings. The average molecular weight is 232 g/mol. The predicted octanol–water partition coefficient (Wildman–Crippen LogP) is 3.05. The standard InChI is InChI=1S/C10H14ClNOS/c1-7(6-13-2)14-8-3-4-10(12)9(11)5-8/h3-5,7H,6,12H2,1-2H3. The van der Waals surface area contributed by atoms with Crippen molar-refractivity contribution >= 4 is 29.1 Å². The maximum absolute atomic E-state index is 5.90. The van der Waals surface area contributed by atoms with E-state index in [1.165, 1.54) is 0 Å². The molecule has 1 rings (SSSR count). The summed E-state index contributed by atoms with van der Waals surface area (Å²) < 4.78 is 5.05. The summed E-state index contributed by atoms with van der Waals surface area (Å²) in [5.41, 5.74) is 6.23. The maximum atomic E-state index is 5.90. The number of benzene rings is 1. The molecule has 0 radical (unpaired) electrons. The van der Waals surface area contributed by atoms with Crippen LogP contribution in [0.1, 0.15) is 6.92 Å². The summed E-state index contributed by atoms with van der Waals surface area (Å²) in [5, 5.41) is 1.03. The Bertz CT molecular complexity index is 306. The highest BCUT2D eigenvalue weighted by atomic mass is 35.5. The number of ether oxygens (including phenoxy) is 1. The summed E-state index contributed by atoms with van der Waals surface area (Å²) in [6, 6.07) is 5.68. The third kappa shape index (κ3) is 3.40. The first-order valence-corrected chi connectivity index (χ1v) is 5.60. The van der Waals surface area contributed by atoms with Crippen LogP contribution in [0.5, 0.6) is 0 Å². The molecular formula is C10H14ClNOS. The first-order chi connectivity index (χ1) is 6.63. The van der Waals surface area contributed by atoms with Crippen LogP contribution in [-0.4, -0.2) is 19.0 Å². The quantitative estimate of drug-likeness (QED) is 0.639. The van der Waals surface area contributed by atoms with Crippen LogP contribution in [0.15, 0.2) is 23.1 Å². The van der Waals surface area contributed by atoms with E-state index in [9.17, 15) is 0 Å². The molecule has 0 amide bonds. The van der Waals surface area contributed by atoms with Crippen LogP contribution in [0, 0.1) is 0 Å². The van der Waals surface area contributed by atoms with Crippen molar-refractivity contribution in [2.45, 2.75) is 17.1 Å². The highest BCUT2D eigenvalue weighted by Gasteiger charge is 2.05. The van der Waals surface area contributed by atoms with Gasteiger partial charge in [-0.25, -0.2) is 0 Å². The van der Waals surface area contributed by atoms with E-state index in [2.05, 4.69) is 6.92 Å². The summed E-state index contributed by atoms with van der Waals surface area (Å²) in [5.74, 6) is 0. The van der Waals surface area contributed by atoms with E-state index in [0.29, 0.717) is 16.0 Å². The zero-order valence-corrected chi connectivity index (χ0v) is 9.86. The van der Waals surface area contributed by atoms with Gasteiger partial charge in [-0.1, -0.05) is 18.5 Å². The fourth-order valence-electron chi connectivity index (χ4n) is 1.08. The van der Waals surface area contributed by atoms with E-state index < -0.39 is 0 Å². The van der Waals surface area contributed by atoms with Crippen LogP contribution in [0.25, 0.3) is 0 Å². The molecule has 1 aromatic carbocycles. The van der Waals surface area contributed by atoms with Gasteiger partial charge in [0, 0.05) is 17.3 Å². The number of anilines is 1. The Morgan fingerprint density at radius 1 is 1.57 bits per heavy atom. The van der Waals surface area contributed by atoms with Crippen LogP contribution in [0.2, 0.25) is 5.02 Å². The summed E-state index contributed by atoms with van der Waals surface area (Å²) in [4.78, 5) is 1.12. The second kappa shape index (κ2) is 5.49. The molecular weight excluding hydrogens is 218 g/mol. The molecule has 0 heterocycles. The molecule has 0 saturated carbocycles. The molecule has 0 bridgehead atoms. The van der Waals surface area contributed by atoms with Crippen LogP contribution in [0.4, 0.5) is 5.69 Å². The van der Waals surface area contributed by atoms with E-state index in [0.717, 1.165) is 11.5 Å². The van der Waals surface area contributed by atoms with Gasteiger partial charge in [-0.05, 0) is 18.2 Å². The second-order valence-electron chi connectivity index (χ2n) is 3.07. The summed E-state index contributed by atoms with van der Waals surface area (Å²) in [6.45, 7) is 2.84. The van der Waals surface area contributed by atoms with Crippen molar-refractivity contribution in [2.75, 3.05) is 19.5 Å². The van der Waals surface area contributed by atoms with Crippen LogP contribution in [0.3, 0.4) is 0 Å². The minimum atomic E-state index is 0.416. The van der Waals surface area contributed by atoms with Gasteiger partial charge in [0.05, 0.1) is 17.3 Å². The van der Waals surface area contributed by atoms with Crippen LogP contribution >= 0.6 is 23.4 Å². The Labute approximate surface area is 93.8 Å². The third-order valence-electron chi connectivity index (χ3n) is 1.71. The Hall–Kier alpha value is -0.380. The summed E-state index contributed by atoms with van der Waals surface area (Å²) in [6.07, 6.45) is 0. The second-order valence-corrected chi connectivity index (χ2v) is 4.99. The summed E-state index contributed by atoms with van der Waals surface area (Å²) >= 11 is 7.63. The van der Waals surface area contributed by atoms with Crippen molar-refractivity contribution in [3.63, 3.8) is 0 Å². The number of hydrogen-bond donors (Lipinski definition) is 1. The maximum Gasteiger partial charge on any atom is 0.0646 e. The number of nitrogen functional groups attached to an aromatic ring is 1. The summed E-state index contributed by atoms with van der Waals surface area (Å²) in [7, 11) is 1.70. The average Bonchev–Trinajstić information content (AvgIpc) is 2.12. The van der Waals surface area contributed by atoms with Crippen molar-refractivity contribution < 1.29 is 4.74 Å². The number of thioether (sulfide) groups is 1. The van der Waals surface area contributed by atoms with Gasteiger partial charge in [0.2, 0.25) is 0 Å². The zero-order valence-electron chi connectivity index (χ0n) is 8.29.